The highest BCUT2D eigenvalue weighted by Gasteiger charge is 2.32. The minimum atomic E-state index is -0.987. The number of benzene rings is 2. The summed E-state index contributed by atoms with van der Waals surface area (Å²) in [5, 5.41) is 0.468. The Morgan fingerprint density at radius 1 is 1.09 bits per heavy atom. The lowest BCUT2D eigenvalue weighted by molar-refractivity contribution is 0.100. The number of morpholine rings is 1. The highest BCUT2D eigenvalue weighted by atomic mass is 19.2. The molecule has 1 aliphatic carbocycles. The highest BCUT2D eigenvalue weighted by molar-refractivity contribution is 6.06. The number of carbonyl (C=O) groups excluding carboxylic acids is 1. The van der Waals surface area contributed by atoms with Gasteiger partial charge in [-0.15, -0.1) is 0 Å². The molecule has 9 heteroatoms. The van der Waals surface area contributed by atoms with Gasteiger partial charge in [0, 0.05) is 36.3 Å². The Kier molecular flexibility index (Phi) is 4.55. The van der Waals surface area contributed by atoms with Gasteiger partial charge in [0.05, 0.1) is 30.0 Å². The van der Waals surface area contributed by atoms with Crippen LogP contribution in [0.25, 0.3) is 27.6 Å². The Morgan fingerprint density at radius 3 is 2.61 bits per heavy atom. The van der Waals surface area contributed by atoms with Gasteiger partial charge in [-0.05, 0) is 43.2 Å². The summed E-state index contributed by atoms with van der Waals surface area (Å²) in [4.78, 5) is 23.5. The molecule has 2 N–H and O–H groups in total. The van der Waals surface area contributed by atoms with E-state index in [9.17, 15) is 13.6 Å². The molecule has 2 aromatic carbocycles. The molecule has 0 spiro atoms. The van der Waals surface area contributed by atoms with Crippen LogP contribution < -0.4 is 10.6 Å². The topological polar surface area (TPSA) is 86.3 Å². The smallest absolute Gasteiger partial charge is 0.251 e. The van der Waals surface area contributed by atoms with Gasteiger partial charge in [0.25, 0.3) is 5.91 Å². The normalized spacial score (nSPS) is 16.6. The van der Waals surface area contributed by atoms with Crippen LogP contribution in [0.15, 0.2) is 36.5 Å². The van der Waals surface area contributed by atoms with Gasteiger partial charge in [0.1, 0.15) is 16.9 Å². The molecule has 1 aliphatic heterocycles. The maximum atomic E-state index is 14.5. The number of hydrogen-bond acceptors (Lipinski definition) is 5. The zero-order valence-electron chi connectivity index (χ0n) is 17.7. The number of fused-ring (bicyclic) bond motifs is 2. The van der Waals surface area contributed by atoms with Gasteiger partial charge < -0.3 is 15.4 Å². The number of anilines is 1. The van der Waals surface area contributed by atoms with Crippen molar-refractivity contribution in [3.05, 3.63) is 59.6 Å². The lowest BCUT2D eigenvalue weighted by atomic mass is 10.1. The summed E-state index contributed by atoms with van der Waals surface area (Å²) in [5.41, 5.74) is 8.75. The van der Waals surface area contributed by atoms with E-state index in [4.69, 9.17) is 15.5 Å². The number of nitrogens with zero attached hydrogens (tertiary/aromatic N) is 4. The maximum absolute atomic E-state index is 14.5. The van der Waals surface area contributed by atoms with E-state index in [1.165, 1.54) is 12.3 Å². The van der Waals surface area contributed by atoms with E-state index in [1.807, 2.05) is 10.6 Å². The van der Waals surface area contributed by atoms with Crippen LogP contribution in [0.1, 0.15) is 34.9 Å². The molecule has 6 rings (SSSR count). The van der Waals surface area contributed by atoms with E-state index in [1.54, 1.807) is 12.1 Å². The summed E-state index contributed by atoms with van der Waals surface area (Å²) in [5.74, 6) is -1.49. The summed E-state index contributed by atoms with van der Waals surface area (Å²) in [6.45, 7) is 2.57. The van der Waals surface area contributed by atoms with E-state index in [-0.39, 0.29) is 11.4 Å². The van der Waals surface area contributed by atoms with Crippen LogP contribution in [0, 0.1) is 11.6 Å². The molecule has 2 fully saturated rings. The molecule has 4 aromatic rings. The average Bonchev–Trinajstić information content (AvgIpc) is 3.61. The third-order valence-corrected chi connectivity index (χ3v) is 6.38. The van der Waals surface area contributed by atoms with Gasteiger partial charge in [0.2, 0.25) is 0 Å². The molecule has 1 saturated carbocycles. The largest absolute Gasteiger partial charge is 0.378 e. The molecule has 7 nitrogen and oxygen atoms in total. The van der Waals surface area contributed by atoms with Crippen molar-refractivity contribution >= 4 is 33.5 Å². The van der Waals surface area contributed by atoms with E-state index in [0.29, 0.717) is 54.0 Å². The fraction of sp³-hybridized carbons (Fsp3) is 0.292. The first-order valence-corrected chi connectivity index (χ1v) is 10.9. The van der Waals surface area contributed by atoms with Gasteiger partial charge in [-0.1, -0.05) is 0 Å². The Labute approximate surface area is 187 Å². The van der Waals surface area contributed by atoms with Crippen LogP contribution >= 0.6 is 0 Å². The van der Waals surface area contributed by atoms with Crippen molar-refractivity contribution in [1.29, 1.82) is 0 Å². The Hall–Kier alpha value is -3.59. The molecule has 1 saturated heterocycles. The Morgan fingerprint density at radius 2 is 1.88 bits per heavy atom. The average molecular weight is 449 g/mol. The summed E-state index contributed by atoms with van der Waals surface area (Å²) in [6, 6.07) is 8.16. The zero-order chi connectivity index (χ0) is 22.7. The second-order valence-corrected chi connectivity index (χ2v) is 8.49. The van der Waals surface area contributed by atoms with Crippen molar-refractivity contribution < 1.29 is 18.3 Å². The summed E-state index contributed by atoms with van der Waals surface area (Å²) in [7, 11) is 0. The number of ether oxygens (including phenoxy) is 1. The molecule has 3 heterocycles. The number of primary amides is 1. The fourth-order valence-corrected chi connectivity index (χ4v) is 4.58. The van der Waals surface area contributed by atoms with E-state index in [2.05, 4.69) is 9.88 Å². The van der Waals surface area contributed by atoms with Crippen molar-refractivity contribution in [2.75, 3.05) is 31.2 Å². The van der Waals surface area contributed by atoms with Crippen LogP contribution in [0.3, 0.4) is 0 Å². The third-order valence-electron chi connectivity index (χ3n) is 6.38. The number of amides is 1. The SMILES string of the molecule is NC(=O)c1cc(N2CCOCC2)cc2c1nc(C1CC1)n2-c1ccnc2c(F)c(F)ccc12. The molecular formula is C24H21F2N5O2. The maximum Gasteiger partial charge on any atom is 0.251 e. The van der Waals surface area contributed by atoms with Gasteiger partial charge in [-0.2, -0.15) is 0 Å². The first-order valence-electron chi connectivity index (χ1n) is 10.9. The zero-order valence-corrected chi connectivity index (χ0v) is 17.7. The number of rotatable bonds is 4. The van der Waals surface area contributed by atoms with Gasteiger partial charge in [-0.3, -0.25) is 14.3 Å². The lowest BCUT2D eigenvalue weighted by Crippen LogP contribution is -2.36. The molecule has 2 aromatic heterocycles. The molecule has 33 heavy (non-hydrogen) atoms. The molecule has 2 aliphatic rings. The summed E-state index contributed by atoms with van der Waals surface area (Å²) in [6.07, 6.45) is 3.40. The fourth-order valence-electron chi connectivity index (χ4n) is 4.58. The standard InChI is InChI=1S/C24H21F2N5O2/c25-17-4-3-15-18(5-6-28-22(15)20(17)26)31-19-12-14(30-7-9-33-10-8-30)11-16(23(27)32)21(19)29-24(31)13-1-2-13/h3-6,11-13H,1-2,7-10H2,(H2,27,32). The molecule has 1 amide bonds. The first-order chi connectivity index (χ1) is 16.0. The van der Waals surface area contributed by atoms with Crippen molar-refractivity contribution in [3.8, 4) is 5.69 Å². The van der Waals surface area contributed by atoms with Gasteiger partial charge in [0.15, 0.2) is 11.6 Å². The number of aromatic nitrogens is 3. The van der Waals surface area contributed by atoms with Gasteiger partial charge in [-0.25, -0.2) is 13.8 Å². The molecule has 0 atom stereocenters. The quantitative estimate of drug-likeness (QED) is 0.514. The van der Waals surface area contributed by atoms with E-state index < -0.39 is 17.5 Å². The molecule has 168 valence electrons. The molecular weight excluding hydrogens is 428 g/mol. The number of imidazole rings is 1. The summed E-state index contributed by atoms with van der Waals surface area (Å²) < 4.78 is 35.9. The number of pyridine rings is 1. The number of nitrogens with two attached hydrogens (primary N) is 1. The van der Waals surface area contributed by atoms with Crippen molar-refractivity contribution in [2.45, 2.75) is 18.8 Å². The van der Waals surface area contributed by atoms with Crippen LogP contribution in [-0.2, 0) is 4.74 Å². The van der Waals surface area contributed by atoms with Crippen LogP contribution in [0.2, 0.25) is 0 Å². The number of hydrogen-bond donors (Lipinski definition) is 1. The van der Waals surface area contributed by atoms with Crippen molar-refractivity contribution in [3.63, 3.8) is 0 Å². The predicted octanol–water partition coefficient (Wildman–Crippen LogP) is 3.66. The summed E-state index contributed by atoms with van der Waals surface area (Å²) >= 11 is 0. The monoisotopic (exact) mass is 449 g/mol. The third kappa shape index (κ3) is 3.22. The van der Waals surface area contributed by atoms with E-state index >= 15 is 0 Å². The van der Waals surface area contributed by atoms with E-state index in [0.717, 1.165) is 30.4 Å². The molecule has 0 unspecified atom stereocenters. The minimum absolute atomic E-state index is 0.0458. The van der Waals surface area contributed by atoms with Crippen LogP contribution in [0.5, 0.6) is 0 Å². The van der Waals surface area contributed by atoms with Crippen molar-refractivity contribution in [2.24, 2.45) is 5.73 Å². The predicted molar refractivity (Wildman–Crippen MR) is 120 cm³/mol. The molecule has 0 bridgehead atoms. The second kappa shape index (κ2) is 7.48. The minimum Gasteiger partial charge on any atom is -0.378 e. The lowest BCUT2D eigenvalue weighted by Gasteiger charge is -2.29. The Bertz CT molecular complexity index is 1420. The first kappa shape index (κ1) is 20.0. The Balaban J connectivity index is 1.67. The molecule has 0 radical (unpaired) electrons. The second-order valence-electron chi connectivity index (χ2n) is 8.49. The number of halogens is 2. The van der Waals surface area contributed by atoms with Crippen LogP contribution in [-0.4, -0.2) is 46.7 Å². The number of carbonyl (C=O) groups is 1. The van der Waals surface area contributed by atoms with Crippen molar-refractivity contribution in [1.82, 2.24) is 14.5 Å². The van der Waals surface area contributed by atoms with Crippen LogP contribution in [0.4, 0.5) is 14.5 Å². The van der Waals surface area contributed by atoms with Gasteiger partial charge >= 0.3 is 0 Å². The highest BCUT2D eigenvalue weighted by Crippen LogP contribution is 2.43.